The van der Waals surface area contributed by atoms with E-state index in [0.29, 0.717) is 28.0 Å². The van der Waals surface area contributed by atoms with E-state index < -0.39 is 5.91 Å². The first kappa shape index (κ1) is 13.7. The molecular formula is C14H11Cl2NO2. The van der Waals surface area contributed by atoms with Crippen LogP contribution in [0.25, 0.3) is 0 Å². The molecule has 2 aromatic carbocycles. The molecule has 0 radical (unpaired) electrons. The smallest absolute Gasteiger partial charge is 0.248 e. The highest BCUT2D eigenvalue weighted by molar-refractivity contribution is 6.32. The van der Waals surface area contributed by atoms with Crippen molar-refractivity contribution < 1.29 is 9.53 Å². The molecule has 0 atom stereocenters. The van der Waals surface area contributed by atoms with E-state index in [0.717, 1.165) is 5.56 Å². The molecule has 0 bridgehead atoms. The Labute approximate surface area is 120 Å². The Morgan fingerprint density at radius 2 is 1.79 bits per heavy atom. The van der Waals surface area contributed by atoms with Gasteiger partial charge >= 0.3 is 0 Å². The number of hydrogen-bond donors (Lipinski definition) is 1. The lowest BCUT2D eigenvalue weighted by atomic mass is 10.2. The first-order valence-electron chi connectivity index (χ1n) is 5.53. The van der Waals surface area contributed by atoms with E-state index in [1.807, 2.05) is 12.1 Å². The molecule has 0 aliphatic rings. The predicted octanol–water partition coefficient (Wildman–Crippen LogP) is 3.67. The fourth-order valence-electron chi connectivity index (χ4n) is 1.51. The molecule has 0 saturated carbocycles. The molecule has 98 valence electrons. The van der Waals surface area contributed by atoms with Crippen LogP contribution in [0.15, 0.2) is 42.5 Å². The first-order chi connectivity index (χ1) is 9.06. The van der Waals surface area contributed by atoms with Crippen molar-refractivity contribution >= 4 is 29.1 Å². The summed E-state index contributed by atoms with van der Waals surface area (Å²) in [6.45, 7) is 0.368. The summed E-state index contributed by atoms with van der Waals surface area (Å²) in [6, 6.07) is 12.0. The van der Waals surface area contributed by atoms with Gasteiger partial charge in [-0.15, -0.1) is 0 Å². The van der Waals surface area contributed by atoms with Crippen LogP contribution in [0.4, 0.5) is 0 Å². The van der Waals surface area contributed by atoms with Gasteiger partial charge in [-0.3, -0.25) is 4.79 Å². The lowest BCUT2D eigenvalue weighted by molar-refractivity contribution is 0.100. The van der Waals surface area contributed by atoms with Gasteiger partial charge in [-0.25, -0.2) is 0 Å². The molecule has 2 N–H and O–H groups in total. The van der Waals surface area contributed by atoms with Crippen molar-refractivity contribution in [3.63, 3.8) is 0 Å². The number of ether oxygens (including phenoxy) is 1. The SMILES string of the molecule is NC(=O)c1ccc(OCc2ccc(Cl)cc2)c(Cl)c1. The molecular weight excluding hydrogens is 285 g/mol. The number of carbonyl (C=O) groups excluding carboxylic acids is 1. The number of carbonyl (C=O) groups is 1. The molecule has 0 aliphatic carbocycles. The number of nitrogens with two attached hydrogens (primary N) is 1. The van der Waals surface area contributed by atoms with Crippen molar-refractivity contribution in [3.8, 4) is 5.75 Å². The van der Waals surface area contributed by atoms with Crippen molar-refractivity contribution in [2.75, 3.05) is 0 Å². The molecule has 2 rings (SSSR count). The second kappa shape index (κ2) is 5.95. The highest BCUT2D eigenvalue weighted by Gasteiger charge is 2.06. The Bertz CT molecular complexity index is 597. The fraction of sp³-hybridized carbons (Fsp3) is 0.0714. The largest absolute Gasteiger partial charge is 0.487 e. The van der Waals surface area contributed by atoms with Crippen LogP contribution < -0.4 is 10.5 Å². The van der Waals surface area contributed by atoms with Gasteiger partial charge in [0.05, 0.1) is 5.02 Å². The van der Waals surface area contributed by atoms with E-state index in [4.69, 9.17) is 33.7 Å². The summed E-state index contributed by atoms with van der Waals surface area (Å²) in [5, 5.41) is 1.03. The molecule has 0 heterocycles. The molecule has 0 saturated heterocycles. The topological polar surface area (TPSA) is 52.3 Å². The van der Waals surface area contributed by atoms with E-state index in [1.54, 1.807) is 24.3 Å². The molecule has 5 heteroatoms. The minimum Gasteiger partial charge on any atom is -0.487 e. The number of halogens is 2. The van der Waals surface area contributed by atoms with Crippen molar-refractivity contribution in [1.29, 1.82) is 0 Å². The van der Waals surface area contributed by atoms with Gasteiger partial charge in [0, 0.05) is 10.6 Å². The number of rotatable bonds is 4. The third kappa shape index (κ3) is 3.63. The highest BCUT2D eigenvalue weighted by atomic mass is 35.5. The Morgan fingerprint density at radius 3 is 2.37 bits per heavy atom. The summed E-state index contributed by atoms with van der Waals surface area (Å²) < 4.78 is 5.57. The third-order valence-electron chi connectivity index (χ3n) is 2.52. The molecule has 0 unspecified atom stereocenters. The van der Waals surface area contributed by atoms with Crippen LogP contribution in [-0.2, 0) is 6.61 Å². The van der Waals surface area contributed by atoms with Crippen LogP contribution >= 0.6 is 23.2 Å². The lowest BCUT2D eigenvalue weighted by Crippen LogP contribution is -2.10. The maximum Gasteiger partial charge on any atom is 0.248 e. The molecule has 2 aromatic rings. The predicted molar refractivity (Wildman–Crippen MR) is 75.8 cm³/mol. The second-order valence-electron chi connectivity index (χ2n) is 3.92. The Hall–Kier alpha value is -1.71. The lowest BCUT2D eigenvalue weighted by Gasteiger charge is -2.09. The number of benzene rings is 2. The Balaban J connectivity index is 2.07. The minimum atomic E-state index is -0.522. The van der Waals surface area contributed by atoms with Crippen molar-refractivity contribution in [1.82, 2.24) is 0 Å². The molecule has 0 spiro atoms. The second-order valence-corrected chi connectivity index (χ2v) is 4.77. The van der Waals surface area contributed by atoms with Gasteiger partial charge in [-0.2, -0.15) is 0 Å². The van der Waals surface area contributed by atoms with E-state index in [-0.39, 0.29) is 0 Å². The highest BCUT2D eigenvalue weighted by Crippen LogP contribution is 2.26. The molecule has 0 aliphatic heterocycles. The number of hydrogen-bond acceptors (Lipinski definition) is 2. The zero-order valence-electron chi connectivity index (χ0n) is 9.90. The van der Waals surface area contributed by atoms with Crippen LogP contribution in [-0.4, -0.2) is 5.91 Å². The summed E-state index contributed by atoms with van der Waals surface area (Å²) in [5.74, 6) is -0.0206. The molecule has 3 nitrogen and oxygen atoms in total. The molecule has 0 fully saturated rings. The molecule has 19 heavy (non-hydrogen) atoms. The van der Waals surface area contributed by atoms with Gasteiger partial charge in [0.1, 0.15) is 12.4 Å². The normalized spacial score (nSPS) is 10.2. The van der Waals surface area contributed by atoms with Gasteiger partial charge in [0.25, 0.3) is 0 Å². The quantitative estimate of drug-likeness (QED) is 0.935. The summed E-state index contributed by atoms with van der Waals surface area (Å²) in [7, 11) is 0. The number of amides is 1. The van der Waals surface area contributed by atoms with Crippen LogP contribution in [0.1, 0.15) is 15.9 Å². The maximum absolute atomic E-state index is 11.0. The standard InChI is InChI=1S/C14H11Cl2NO2/c15-11-4-1-9(2-5-11)8-19-13-6-3-10(14(17)18)7-12(13)16/h1-7H,8H2,(H2,17,18). The summed E-state index contributed by atoms with van der Waals surface area (Å²) in [5.41, 5.74) is 6.48. The van der Waals surface area contributed by atoms with Gasteiger partial charge in [0.2, 0.25) is 5.91 Å². The van der Waals surface area contributed by atoms with Gasteiger partial charge in [-0.05, 0) is 35.9 Å². The van der Waals surface area contributed by atoms with E-state index in [1.165, 1.54) is 6.07 Å². The average Bonchev–Trinajstić information content (AvgIpc) is 2.39. The summed E-state index contributed by atoms with van der Waals surface area (Å²) >= 11 is 11.8. The van der Waals surface area contributed by atoms with Gasteiger partial charge in [-0.1, -0.05) is 35.3 Å². The number of primary amides is 1. The molecule has 0 aromatic heterocycles. The van der Waals surface area contributed by atoms with Gasteiger partial charge in [0.15, 0.2) is 0 Å². The van der Waals surface area contributed by atoms with Crippen LogP contribution in [0.2, 0.25) is 10.0 Å². The van der Waals surface area contributed by atoms with Crippen molar-refractivity contribution in [2.24, 2.45) is 5.73 Å². The van der Waals surface area contributed by atoms with Crippen LogP contribution in [0, 0.1) is 0 Å². The molecule has 1 amide bonds. The van der Waals surface area contributed by atoms with Gasteiger partial charge < -0.3 is 10.5 Å². The van der Waals surface area contributed by atoms with Crippen LogP contribution in [0.5, 0.6) is 5.75 Å². The van der Waals surface area contributed by atoms with E-state index in [9.17, 15) is 4.79 Å². The zero-order chi connectivity index (χ0) is 13.8. The van der Waals surface area contributed by atoms with Crippen molar-refractivity contribution in [2.45, 2.75) is 6.61 Å². The average molecular weight is 296 g/mol. The van der Waals surface area contributed by atoms with Crippen LogP contribution in [0.3, 0.4) is 0 Å². The Kier molecular flexibility index (Phi) is 4.30. The summed E-state index contributed by atoms with van der Waals surface area (Å²) in [6.07, 6.45) is 0. The first-order valence-corrected chi connectivity index (χ1v) is 6.28. The minimum absolute atomic E-state index is 0.351. The monoisotopic (exact) mass is 295 g/mol. The van der Waals surface area contributed by atoms with Crippen molar-refractivity contribution in [3.05, 3.63) is 63.6 Å². The van der Waals surface area contributed by atoms with E-state index in [2.05, 4.69) is 0 Å². The fourth-order valence-corrected chi connectivity index (χ4v) is 1.87. The maximum atomic E-state index is 11.0. The summed E-state index contributed by atoms with van der Waals surface area (Å²) in [4.78, 5) is 11.0. The third-order valence-corrected chi connectivity index (χ3v) is 3.07. The Morgan fingerprint density at radius 1 is 1.11 bits per heavy atom. The zero-order valence-corrected chi connectivity index (χ0v) is 11.4. The van der Waals surface area contributed by atoms with E-state index >= 15 is 0 Å².